The van der Waals surface area contributed by atoms with Crippen molar-refractivity contribution in [3.63, 3.8) is 0 Å². The Morgan fingerprint density at radius 3 is 2.38 bits per heavy atom. The summed E-state index contributed by atoms with van der Waals surface area (Å²) in [7, 11) is 0. The number of fused-ring (bicyclic) bond motifs is 5. The molecule has 2 bridgehead atoms. The van der Waals surface area contributed by atoms with Gasteiger partial charge in [0.05, 0.1) is 16.9 Å². The molecule has 5 unspecified atom stereocenters. The molecule has 4 rings (SSSR count). The number of aryl methyl sites for hydroxylation is 1. The minimum absolute atomic E-state index is 0.134. The quantitative estimate of drug-likeness (QED) is 0.581. The predicted octanol–water partition coefficient (Wildman–Crippen LogP) is 3.55. The molecule has 2 fully saturated rings. The smallest absolute Gasteiger partial charge is 0.247 e. The third kappa shape index (κ3) is 2.54. The van der Waals surface area contributed by atoms with Crippen molar-refractivity contribution >= 4 is 50.9 Å². The number of rotatable bonds is 3. The largest absolute Gasteiger partial charge is 0.324 e. The molecule has 1 N–H and O–H groups in total. The number of anilines is 1. The second kappa shape index (κ2) is 6.20. The highest BCUT2D eigenvalue weighted by molar-refractivity contribution is 9.10. The molecule has 1 heterocycles. The Hall–Kier alpha value is -1.66. The highest BCUT2D eigenvalue weighted by Crippen LogP contribution is 2.52. The number of allylic oxidation sites excluding steroid dienone is 2. The number of likely N-dealkylation sites (tertiary alicyclic amines) is 1. The fourth-order valence-electron chi connectivity index (χ4n) is 4.44. The molecular formula is C19H18BrClN2O3. The van der Waals surface area contributed by atoms with E-state index in [0.29, 0.717) is 10.7 Å². The lowest BCUT2D eigenvalue weighted by Crippen LogP contribution is -2.46. The molecule has 0 radical (unpaired) electrons. The van der Waals surface area contributed by atoms with Crippen LogP contribution < -0.4 is 5.32 Å². The minimum atomic E-state index is -0.859. The zero-order valence-electron chi connectivity index (χ0n) is 14.3. The molecule has 2 aliphatic carbocycles. The lowest BCUT2D eigenvalue weighted by atomic mass is 9.85. The first kappa shape index (κ1) is 17.7. The van der Waals surface area contributed by atoms with E-state index in [1.165, 1.54) is 0 Å². The van der Waals surface area contributed by atoms with Gasteiger partial charge >= 0.3 is 0 Å². The number of benzene rings is 1. The molecule has 0 aromatic heterocycles. The number of imide groups is 1. The maximum atomic E-state index is 12.8. The van der Waals surface area contributed by atoms with Crippen molar-refractivity contribution in [1.82, 2.24) is 4.90 Å². The van der Waals surface area contributed by atoms with Crippen LogP contribution in [0.4, 0.5) is 5.69 Å². The first-order valence-electron chi connectivity index (χ1n) is 8.61. The maximum Gasteiger partial charge on any atom is 0.247 e. The SMILES string of the molecule is Cc1cc(Br)c(Cl)cc1NC(=O)C(C)N1C(=O)C2C3C=CC(C3)C2C1=O. The molecule has 5 atom stereocenters. The first-order valence-corrected chi connectivity index (χ1v) is 9.78. The Labute approximate surface area is 164 Å². The third-order valence-corrected chi connectivity index (χ3v) is 6.99. The monoisotopic (exact) mass is 436 g/mol. The van der Waals surface area contributed by atoms with Gasteiger partial charge in [-0.2, -0.15) is 0 Å². The number of amides is 3. The molecule has 3 amide bonds. The standard InChI is InChI=1S/C19H18BrClN2O3/c1-8-5-12(20)13(21)7-14(8)22-17(24)9(2)23-18(25)15-10-3-4-11(6-10)16(15)19(23)26/h3-5,7,9-11,15-16H,6H2,1-2H3,(H,22,24). The first-order chi connectivity index (χ1) is 12.3. The van der Waals surface area contributed by atoms with Gasteiger partial charge < -0.3 is 5.32 Å². The normalized spacial score (nSPS) is 30.1. The van der Waals surface area contributed by atoms with Crippen LogP contribution in [0.5, 0.6) is 0 Å². The topological polar surface area (TPSA) is 66.5 Å². The molecule has 1 aromatic rings. The van der Waals surface area contributed by atoms with Crippen molar-refractivity contribution in [2.45, 2.75) is 26.3 Å². The molecule has 7 heteroatoms. The summed E-state index contributed by atoms with van der Waals surface area (Å²) in [5.74, 6) is -1.15. The maximum absolute atomic E-state index is 12.8. The molecular weight excluding hydrogens is 420 g/mol. The van der Waals surface area contributed by atoms with Crippen molar-refractivity contribution in [3.8, 4) is 0 Å². The molecule has 3 aliphatic rings. The van der Waals surface area contributed by atoms with E-state index in [0.717, 1.165) is 21.4 Å². The van der Waals surface area contributed by atoms with Crippen LogP contribution in [0.25, 0.3) is 0 Å². The lowest BCUT2D eigenvalue weighted by Gasteiger charge is -2.24. The average molecular weight is 438 g/mol. The average Bonchev–Trinajstić information content (AvgIpc) is 3.26. The number of hydrogen-bond donors (Lipinski definition) is 1. The van der Waals surface area contributed by atoms with E-state index in [1.54, 1.807) is 13.0 Å². The highest BCUT2D eigenvalue weighted by atomic mass is 79.9. The lowest BCUT2D eigenvalue weighted by molar-refractivity contribution is -0.146. The fourth-order valence-corrected chi connectivity index (χ4v) is 5.06. The van der Waals surface area contributed by atoms with Crippen LogP contribution in [0.15, 0.2) is 28.8 Å². The molecule has 5 nitrogen and oxygen atoms in total. The van der Waals surface area contributed by atoms with Gasteiger partial charge in [0.1, 0.15) is 6.04 Å². The number of hydrogen-bond acceptors (Lipinski definition) is 3. The summed E-state index contributed by atoms with van der Waals surface area (Å²) in [6.45, 7) is 3.44. The zero-order chi connectivity index (χ0) is 18.7. The fraction of sp³-hybridized carbons (Fsp3) is 0.421. The number of carbonyl (C=O) groups is 3. The summed E-state index contributed by atoms with van der Waals surface area (Å²) in [4.78, 5) is 39.5. The van der Waals surface area contributed by atoms with Gasteiger partial charge in [-0.05, 0) is 65.7 Å². The number of nitrogens with zero attached hydrogens (tertiary/aromatic N) is 1. The molecule has 1 aliphatic heterocycles. The summed E-state index contributed by atoms with van der Waals surface area (Å²) >= 11 is 9.44. The van der Waals surface area contributed by atoms with Crippen molar-refractivity contribution in [2.24, 2.45) is 23.7 Å². The van der Waals surface area contributed by atoms with Gasteiger partial charge in [0.25, 0.3) is 0 Å². The van der Waals surface area contributed by atoms with Crippen molar-refractivity contribution in [3.05, 3.63) is 39.3 Å². The van der Waals surface area contributed by atoms with Gasteiger partial charge in [0.2, 0.25) is 17.7 Å². The summed E-state index contributed by atoms with van der Waals surface area (Å²) in [6.07, 6.45) is 4.95. The van der Waals surface area contributed by atoms with Crippen LogP contribution in [-0.2, 0) is 14.4 Å². The second-order valence-electron chi connectivity index (χ2n) is 7.29. The minimum Gasteiger partial charge on any atom is -0.324 e. The van der Waals surface area contributed by atoms with Gasteiger partial charge in [-0.3, -0.25) is 19.3 Å². The zero-order valence-corrected chi connectivity index (χ0v) is 16.7. The second-order valence-corrected chi connectivity index (χ2v) is 8.55. The van der Waals surface area contributed by atoms with E-state index >= 15 is 0 Å². The number of halogens is 2. The van der Waals surface area contributed by atoms with Crippen molar-refractivity contribution in [2.75, 3.05) is 5.32 Å². The van der Waals surface area contributed by atoms with Crippen LogP contribution in [0.3, 0.4) is 0 Å². The van der Waals surface area contributed by atoms with Gasteiger partial charge in [0, 0.05) is 10.2 Å². The summed E-state index contributed by atoms with van der Waals surface area (Å²) in [5, 5.41) is 3.27. The summed E-state index contributed by atoms with van der Waals surface area (Å²) in [5.41, 5.74) is 1.40. The van der Waals surface area contributed by atoms with Gasteiger partial charge in [-0.15, -0.1) is 0 Å². The van der Waals surface area contributed by atoms with Crippen LogP contribution in [-0.4, -0.2) is 28.7 Å². The van der Waals surface area contributed by atoms with Crippen LogP contribution in [0, 0.1) is 30.6 Å². The predicted molar refractivity (Wildman–Crippen MR) is 102 cm³/mol. The molecule has 1 saturated carbocycles. The Kier molecular flexibility index (Phi) is 4.23. The molecule has 136 valence electrons. The third-order valence-electron chi connectivity index (χ3n) is 5.80. The van der Waals surface area contributed by atoms with Crippen LogP contribution in [0.1, 0.15) is 18.9 Å². The van der Waals surface area contributed by atoms with Crippen LogP contribution in [0.2, 0.25) is 5.02 Å². The van der Waals surface area contributed by atoms with E-state index in [4.69, 9.17) is 11.6 Å². The van der Waals surface area contributed by atoms with E-state index < -0.39 is 11.9 Å². The van der Waals surface area contributed by atoms with E-state index in [9.17, 15) is 14.4 Å². The molecule has 26 heavy (non-hydrogen) atoms. The molecule has 1 saturated heterocycles. The van der Waals surface area contributed by atoms with Crippen LogP contribution >= 0.6 is 27.5 Å². The Morgan fingerprint density at radius 1 is 1.23 bits per heavy atom. The highest BCUT2D eigenvalue weighted by Gasteiger charge is 2.60. The summed E-state index contributed by atoms with van der Waals surface area (Å²) in [6, 6.07) is 2.60. The van der Waals surface area contributed by atoms with Gasteiger partial charge in [0.15, 0.2) is 0 Å². The summed E-state index contributed by atoms with van der Waals surface area (Å²) < 4.78 is 0.739. The van der Waals surface area contributed by atoms with E-state index in [-0.39, 0.29) is 35.5 Å². The molecule has 0 spiro atoms. The number of carbonyl (C=O) groups excluding carboxylic acids is 3. The van der Waals surface area contributed by atoms with E-state index in [1.807, 2.05) is 25.1 Å². The Balaban J connectivity index is 1.54. The number of nitrogens with one attached hydrogen (secondary N) is 1. The Bertz CT molecular complexity index is 839. The molecule has 1 aromatic carbocycles. The van der Waals surface area contributed by atoms with Crippen molar-refractivity contribution < 1.29 is 14.4 Å². The Morgan fingerprint density at radius 2 is 1.81 bits per heavy atom. The van der Waals surface area contributed by atoms with Gasteiger partial charge in [-0.1, -0.05) is 23.8 Å². The van der Waals surface area contributed by atoms with Crippen molar-refractivity contribution in [1.29, 1.82) is 0 Å². The van der Waals surface area contributed by atoms with Gasteiger partial charge in [-0.25, -0.2) is 0 Å². The van der Waals surface area contributed by atoms with E-state index in [2.05, 4.69) is 21.2 Å².